The number of benzene rings is 1. The molecular formula is C18H23FN2O2. The molecule has 0 spiro atoms. The van der Waals surface area contributed by atoms with E-state index in [1.54, 1.807) is 4.90 Å². The summed E-state index contributed by atoms with van der Waals surface area (Å²) in [5.41, 5.74) is 1.90. The molecule has 0 saturated heterocycles. The number of nitrogens with zero attached hydrogens (tertiary/aromatic N) is 1. The van der Waals surface area contributed by atoms with E-state index in [2.05, 4.69) is 11.4 Å². The molecule has 0 radical (unpaired) electrons. The smallest absolute Gasteiger partial charge is 0.243 e. The van der Waals surface area contributed by atoms with Crippen molar-refractivity contribution in [3.8, 4) is 0 Å². The largest absolute Gasteiger partial charge is 0.333 e. The summed E-state index contributed by atoms with van der Waals surface area (Å²) in [5, 5.41) is 2.68. The Morgan fingerprint density at radius 1 is 1.22 bits per heavy atom. The second-order valence-corrected chi connectivity index (χ2v) is 5.85. The minimum Gasteiger partial charge on any atom is -0.333 e. The molecule has 1 N–H and O–H groups in total. The molecule has 124 valence electrons. The van der Waals surface area contributed by atoms with E-state index in [-0.39, 0.29) is 24.2 Å². The zero-order valence-corrected chi connectivity index (χ0v) is 13.5. The minimum atomic E-state index is -0.353. The highest BCUT2D eigenvalue weighted by Crippen LogP contribution is 2.20. The number of amides is 2. The first kappa shape index (κ1) is 17.2. The Bertz CT molecular complexity index is 581. The fourth-order valence-corrected chi connectivity index (χ4v) is 2.67. The van der Waals surface area contributed by atoms with Crippen molar-refractivity contribution >= 4 is 17.5 Å². The average Bonchev–Trinajstić information content (AvgIpc) is 2.54. The third-order valence-corrected chi connectivity index (χ3v) is 4.00. The first-order valence-corrected chi connectivity index (χ1v) is 8.03. The zero-order valence-electron chi connectivity index (χ0n) is 13.5. The van der Waals surface area contributed by atoms with Crippen molar-refractivity contribution in [2.45, 2.75) is 39.0 Å². The Hall–Kier alpha value is -2.17. The number of carbonyl (C=O) groups excluding carboxylic acids is 2. The van der Waals surface area contributed by atoms with E-state index < -0.39 is 0 Å². The molecule has 1 aliphatic carbocycles. The van der Waals surface area contributed by atoms with Gasteiger partial charge in [-0.2, -0.15) is 0 Å². The molecular weight excluding hydrogens is 295 g/mol. The standard InChI is InChI=1S/C18H23FN2O2/c1-14(22)21(12-11-15-5-3-2-4-6-15)13-18(23)20-17-9-7-16(19)8-10-17/h5,7-10H,2-4,6,11-13H2,1H3,(H,20,23). The summed E-state index contributed by atoms with van der Waals surface area (Å²) in [6.45, 7) is 2.04. The normalized spacial score (nSPS) is 14.1. The van der Waals surface area contributed by atoms with Gasteiger partial charge in [0, 0.05) is 19.2 Å². The van der Waals surface area contributed by atoms with Crippen LogP contribution >= 0.6 is 0 Å². The molecule has 0 fully saturated rings. The number of rotatable bonds is 6. The predicted octanol–water partition coefficient (Wildman–Crippen LogP) is 3.50. The third-order valence-electron chi connectivity index (χ3n) is 4.00. The molecule has 4 nitrogen and oxygen atoms in total. The fraction of sp³-hybridized carbons (Fsp3) is 0.444. The van der Waals surface area contributed by atoms with E-state index in [9.17, 15) is 14.0 Å². The van der Waals surface area contributed by atoms with Crippen LogP contribution < -0.4 is 5.32 Å². The SMILES string of the molecule is CC(=O)N(CCC1=CCCCC1)CC(=O)Nc1ccc(F)cc1. The van der Waals surface area contributed by atoms with Crippen LogP contribution in [0.3, 0.4) is 0 Å². The Balaban J connectivity index is 1.85. The van der Waals surface area contributed by atoms with Crippen LogP contribution in [0.4, 0.5) is 10.1 Å². The summed E-state index contributed by atoms with van der Waals surface area (Å²) >= 11 is 0. The number of carbonyl (C=O) groups is 2. The van der Waals surface area contributed by atoms with Gasteiger partial charge in [0.15, 0.2) is 0 Å². The Labute approximate surface area is 136 Å². The van der Waals surface area contributed by atoms with Crippen LogP contribution in [0.15, 0.2) is 35.9 Å². The van der Waals surface area contributed by atoms with E-state index >= 15 is 0 Å². The highest BCUT2D eigenvalue weighted by molar-refractivity contribution is 5.94. The number of hydrogen-bond donors (Lipinski definition) is 1. The minimum absolute atomic E-state index is 0.0139. The molecule has 23 heavy (non-hydrogen) atoms. The van der Waals surface area contributed by atoms with Gasteiger partial charge < -0.3 is 10.2 Å². The second-order valence-electron chi connectivity index (χ2n) is 5.85. The second kappa shape index (κ2) is 8.46. The van der Waals surface area contributed by atoms with E-state index in [1.807, 2.05) is 0 Å². The Kier molecular flexibility index (Phi) is 6.32. The van der Waals surface area contributed by atoms with Crippen molar-refractivity contribution in [3.63, 3.8) is 0 Å². The number of halogens is 1. The maximum absolute atomic E-state index is 12.8. The summed E-state index contributed by atoms with van der Waals surface area (Å²) in [4.78, 5) is 25.3. The third kappa shape index (κ3) is 5.85. The molecule has 2 amide bonds. The van der Waals surface area contributed by atoms with Gasteiger partial charge in [0.05, 0.1) is 6.54 Å². The molecule has 0 aliphatic heterocycles. The van der Waals surface area contributed by atoms with E-state index in [4.69, 9.17) is 0 Å². The molecule has 1 aromatic rings. The van der Waals surface area contributed by atoms with Crippen molar-refractivity contribution in [1.82, 2.24) is 4.90 Å². The van der Waals surface area contributed by atoms with E-state index in [1.165, 1.54) is 49.6 Å². The monoisotopic (exact) mass is 318 g/mol. The van der Waals surface area contributed by atoms with Crippen LogP contribution in [0.25, 0.3) is 0 Å². The number of nitrogens with one attached hydrogen (secondary N) is 1. The summed E-state index contributed by atoms with van der Waals surface area (Å²) in [6.07, 6.45) is 7.72. The average molecular weight is 318 g/mol. The molecule has 1 aromatic carbocycles. The van der Waals surface area contributed by atoms with Gasteiger partial charge in [-0.1, -0.05) is 11.6 Å². The van der Waals surface area contributed by atoms with Crippen molar-refractivity contribution in [2.75, 3.05) is 18.4 Å². The first-order chi connectivity index (χ1) is 11.0. The van der Waals surface area contributed by atoms with Gasteiger partial charge in [-0.25, -0.2) is 4.39 Å². The van der Waals surface area contributed by atoms with Crippen LogP contribution in [0.1, 0.15) is 39.0 Å². The topological polar surface area (TPSA) is 49.4 Å². The van der Waals surface area contributed by atoms with Crippen LogP contribution in [0.5, 0.6) is 0 Å². The molecule has 5 heteroatoms. The lowest BCUT2D eigenvalue weighted by Crippen LogP contribution is -2.37. The molecule has 0 unspecified atom stereocenters. The van der Waals surface area contributed by atoms with Crippen LogP contribution in [-0.4, -0.2) is 29.8 Å². The summed E-state index contributed by atoms with van der Waals surface area (Å²) in [6, 6.07) is 5.57. The Morgan fingerprint density at radius 2 is 1.96 bits per heavy atom. The molecule has 0 bridgehead atoms. The van der Waals surface area contributed by atoms with Crippen molar-refractivity contribution in [1.29, 1.82) is 0 Å². The van der Waals surface area contributed by atoms with Gasteiger partial charge in [-0.15, -0.1) is 0 Å². The Morgan fingerprint density at radius 3 is 2.57 bits per heavy atom. The lowest BCUT2D eigenvalue weighted by atomic mass is 9.97. The van der Waals surface area contributed by atoms with Crippen LogP contribution in [-0.2, 0) is 9.59 Å². The predicted molar refractivity (Wildman–Crippen MR) is 88.5 cm³/mol. The van der Waals surface area contributed by atoms with Crippen molar-refractivity contribution in [2.24, 2.45) is 0 Å². The maximum atomic E-state index is 12.8. The zero-order chi connectivity index (χ0) is 16.7. The maximum Gasteiger partial charge on any atom is 0.243 e. The number of anilines is 1. The fourth-order valence-electron chi connectivity index (χ4n) is 2.67. The lowest BCUT2D eigenvalue weighted by Gasteiger charge is -2.22. The molecule has 1 aliphatic rings. The van der Waals surface area contributed by atoms with Gasteiger partial charge in [0.2, 0.25) is 11.8 Å². The van der Waals surface area contributed by atoms with E-state index in [0.717, 1.165) is 19.3 Å². The summed E-state index contributed by atoms with van der Waals surface area (Å²) in [5.74, 6) is -0.741. The van der Waals surface area contributed by atoms with E-state index in [0.29, 0.717) is 12.2 Å². The highest BCUT2D eigenvalue weighted by Gasteiger charge is 2.15. The first-order valence-electron chi connectivity index (χ1n) is 8.03. The molecule has 0 aromatic heterocycles. The van der Waals surface area contributed by atoms with Gasteiger partial charge in [0.25, 0.3) is 0 Å². The molecule has 0 heterocycles. The van der Waals surface area contributed by atoms with Gasteiger partial charge in [-0.3, -0.25) is 9.59 Å². The quantitative estimate of drug-likeness (QED) is 0.816. The van der Waals surface area contributed by atoms with Gasteiger partial charge >= 0.3 is 0 Å². The van der Waals surface area contributed by atoms with Crippen LogP contribution in [0.2, 0.25) is 0 Å². The highest BCUT2D eigenvalue weighted by atomic mass is 19.1. The van der Waals surface area contributed by atoms with Crippen molar-refractivity contribution < 1.29 is 14.0 Å². The summed E-state index contributed by atoms with van der Waals surface area (Å²) < 4.78 is 12.8. The number of hydrogen-bond acceptors (Lipinski definition) is 2. The van der Waals surface area contributed by atoms with Gasteiger partial charge in [-0.05, 0) is 56.4 Å². The molecule has 0 saturated carbocycles. The molecule has 2 rings (SSSR count). The molecule has 0 atom stereocenters. The van der Waals surface area contributed by atoms with Gasteiger partial charge in [0.1, 0.15) is 5.82 Å². The van der Waals surface area contributed by atoms with Crippen molar-refractivity contribution in [3.05, 3.63) is 41.7 Å². The number of allylic oxidation sites excluding steroid dienone is 1. The lowest BCUT2D eigenvalue weighted by molar-refractivity contribution is -0.132. The van der Waals surface area contributed by atoms with Crippen LogP contribution in [0, 0.1) is 5.82 Å². The summed E-state index contributed by atoms with van der Waals surface area (Å²) in [7, 11) is 0.